The molecular weight excluding hydrogens is 330 g/mol. The van der Waals surface area contributed by atoms with Gasteiger partial charge < -0.3 is 9.72 Å². The topological polar surface area (TPSA) is 42.1 Å². The highest BCUT2D eigenvalue weighted by Crippen LogP contribution is 2.39. The number of ether oxygens (including phenoxy) is 1. The van der Waals surface area contributed by atoms with Crippen molar-refractivity contribution in [1.82, 2.24) is 4.98 Å². The standard InChI is InChI=1S/C21H21NO2S/c23-20(18-14-22-19-9-5-4-8-17(18)19)21(15-6-2-1-3-7-15)25-16-10-12-24-13-11-16/h1-9,14,16,21-22H,10-13H2. The number of thioether (sulfide) groups is 1. The van der Waals surface area contributed by atoms with Crippen LogP contribution in [0.5, 0.6) is 0 Å². The molecule has 1 saturated heterocycles. The van der Waals surface area contributed by atoms with E-state index in [0.29, 0.717) is 5.25 Å². The molecule has 1 fully saturated rings. The van der Waals surface area contributed by atoms with Crippen molar-refractivity contribution in [3.63, 3.8) is 0 Å². The van der Waals surface area contributed by atoms with Gasteiger partial charge in [-0.2, -0.15) is 0 Å². The van der Waals surface area contributed by atoms with E-state index in [1.807, 2.05) is 48.7 Å². The molecule has 25 heavy (non-hydrogen) atoms. The van der Waals surface area contributed by atoms with E-state index >= 15 is 0 Å². The molecule has 2 aromatic carbocycles. The quantitative estimate of drug-likeness (QED) is 0.658. The average Bonchev–Trinajstić information content (AvgIpc) is 3.11. The Kier molecular flexibility index (Phi) is 4.90. The van der Waals surface area contributed by atoms with Crippen LogP contribution in [0, 0.1) is 0 Å². The number of fused-ring (bicyclic) bond motifs is 1. The molecule has 3 aromatic rings. The first-order chi connectivity index (χ1) is 12.3. The molecule has 4 rings (SSSR count). The fourth-order valence-corrected chi connectivity index (χ4v) is 4.76. The first kappa shape index (κ1) is 16.4. The molecular formula is C21H21NO2S. The number of H-pyrrole nitrogens is 1. The second-order valence-corrected chi connectivity index (χ2v) is 7.76. The van der Waals surface area contributed by atoms with Gasteiger partial charge in [0, 0.05) is 41.1 Å². The van der Waals surface area contributed by atoms with E-state index < -0.39 is 0 Å². The molecule has 128 valence electrons. The van der Waals surface area contributed by atoms with Crippen LogP contribution in [0.1, 0.15) is 34.0 Å². The number of hydrogen-bond donors (Lipinski definition) is 1. The molecule has 3 nitrogen and oxygen atoms in total. The van der Waals surface area contributed by atoms with Gasteiger partial charge in [-0.15, -0.1) is 11.8 Å². The summed E-state index contributed by atoms with van der Waals surface area (Å²) in [6, 6.07) is 18.1. The van der Waals surface area contributed by atoms with Crippen LogP contribution in [0.3, 0.4) is 0 Å². The van der Waals surface area contributed by atoms with Gasteiger partial charge in [0.05, 0.1) is 5.25 Å². The highest BCUT2D eigenvalue weighted by atomic mass is 32.2. The zero-order chi connectivity index (χ0) is 17.1. The van der Waals surface area contributed by atoms with Gasteiger partial charge in [-0.3, -0.25) is 4.79 Å². The highest BCUT2D eigenvalue weighted by molar-refractivity contribution is 8.00. The minimum absolute atomic E-state index is 0.177. The maximum atomic E-state index is 13.4. The second kappa shape index (κ2) is 7.46. The van der Waals surface area contributed by atoms with Crippen LogP contribution in [0.4, 0.5) is 0 Å². The van der Waals surface area contributed by atoms with Gasteiger partial charge in [-0.1, -0.05) is 48.5 Å². The monoisotopic (exact) mass is 351 g/mol. The number of aromatic nitrogens is 1. The lowest BCUT2D eigenvalue weighted by atomic mass is 10.0. The summed E-state index contributed by atoms with van der Waals surface area (Å²) in [5, 5.41) is 1.29. The van der Waals surface area contributed by atoms with Crippen LogP contribution in [0.25, 0.3) is 10.9 Å². The van der Waals surface area contributed by atoms with Crippen molar-refractivity contribution in [2.75, 3.05) is 13.2 Å². The zero-order valence-corrected chi connectivity index (χ0v) is 14.8. The summed E-state index contributed by atoms with van der Waals surface area (Å²) in [4.78, 5) is 16.7. The number of para-hydroxylation sites is 1. The van der Waals surface area contributed by atoms with Gasteiger partial charge in [0.15, 0.2) is 5.78 Å². The van der Waals surface area contributed by atoms with E-state index in [4.69, 9.17) is 4.74 Å². The lowest BCUT2D eigenvalue weighted by Gasteiger charge is -2.26. The van der Waals surface area contributed by atoms with Crippen molar-refractivity contribution >= 4 is 28.4 Å². The Morgan fingerprint density at radius 2 is 1.76 bits per heavy atom. The molecule has 4 heteroatoms. The number of nitrogens with one attached hydrogen (secondary N) is 1. The van der Waals surface area contributed by atoms with Gasteiger partial charge in [0.2, 0.25) is 0 Å². The number of carbonyl (C=O) groups excluding carboxylic acids is 1. The van der Waals surface area contributed by atoms with Crippen molar-refractivity contribution in [2.24, 2.45) is 0 Å². The van der Waals surface area contributed by atoms with Crippen molar-refractivity contribution < 1.29 is 9.53 Å². The molecule has 0 amide bonds. The van der Waals surface area contributed by atoms with Crippen molar-refractivity contribution in [3.8, 4) is 0 Å². The number of ketones is 1. The summed E-state index contributed by atoms with van der Waals surface area (Å²) < 4.78 is 5.47. The van der Waals surface area contributed by atoms with Crippen LogP contribution < -0.4 is 0 Å². The van der Waals surface area contributed by atoms with Crippen LogP contribution in [-0.2, 0) is 4.74 Å². The van der Waals surface area contributed by atoms with E-state index in [1.165, 1.54) is 0 Å². The maximum Gasteiger partial charge on any atom is 0.182 e. The fraction of sp³-hybridized carbons (Fsp3) is 0.286. The summed E-state index contributed by atoms with van der Waals surface area (Å²) in [7, 11) is 0. The van der Waals surface area contributed by atoms with E-state index in [0.717, 1.165) is 48.1 Å². The van der Waals surface area contributed by atoms with Crippen LogP contribution >= 0.6 is 11.8 Å². The Morgan fingerprint density at radius 3 is 2.56 bits per heavy atom. The molecule has 1 aliphatic rings. The summed E-state index contributed by atoms with van der Waals surface area (Å²) in [5.41, 5.74) is 2.87. The SMILES string of the molecule is O=C(c1c[nH]c2ccccc12)C(SC1CCOCC1)c1ccccc1. The number of carbonyl (C=O) groups is 1. The maximum absolute atomic E-state index is 13.4. The predicted molar refractivity (Wildman–Crippen MR) is 103 cm³/mol. The molecule has 2 heterocycles. The summed E-state index contributed by atoms with van der Waals surface area (Å²) in [6.07, 6.45) is 3.87. The van der Waals surface area contributed by atoms with Crippen molar-refractivity contribution in [2.45, 2.75) is 23.3 Å². The normalized spacial score (nSPS) is 16.8. The third-order valence-corrected chi connectivity index (χ3v) is 6.31. The Balaban J connectivity index is 1.68. The zero-order valence-electron chi connectivity index (χ0n) is 14.0. The lowest BCUT2D eigenvalue weighted by molar-refractivity contribution is 0.0971. The molecule has 1 aliphatic heterocycles. The molecule has 1 N–H and O–H groups in total. The summed E-state index contributed by atoms with van der Waals surface area (Å²) >= 11 is 1.79. The van der Waals surface area contributed by atoms with E-state index in [-0.39, 0.29) is 11.0 Å². The Labute approximate surface area is 151 Å². The first-order valence-corrected chi connectivity index (χ1v) is 9.65. The molecule has 0 bridgehead atoms. The number of rotatable bonds is 5. The van der Waals surface area contributed by atoms with Crippen LogP contribution in [0.2, 0.25) is 0 Å². The molecule has 0 radical (unpaired) electrons. The van der Waals surface area contributed by atoms with Gasteiger partial charge in [-0.05, 0) is 24.5 Å². The third kappa shape index (κ3) is 3.51. The molecule has 0 spiro atoms. The molecule has 0 aliphatic carbocycles. The lowest BCUT2D eigenvalue weighted by Crippen LogP contribution is -2.21. The number of Topliss-reactive ketones (excluding diaryl/α,β-unsaturated/α-hetero) is 1. The Hall–Kier alpha value is -2.04. The Morgan fingerprint density at radius 1 is 1.04 bits per heavy atom. The largest absolute Gasteiger partial charge is 0.381 e. The molecule has 1 atom stereocenters. The first-order valence-electron chi connectivity index (χ1n) is 8.71. The van der Waals surface area contributed by atoms with Gasteiger partial charge >= 0.3 is 0 Å². The number of aromatic amines is 1. The van der Waals surface area contributed by atoms with Gasteiger partial charge in [0.25, 0.3) is 0 Å². The van der Waals surface area contributed by atoms with E-state index in [1.54, 1.807) is 11.8 Å². The molecule has 0 saturated carbocycles. The van der Waals surface area contributed by atoms with Crippen LogP contribution in [0.15, 0.2) is 60.8 Å². The number of hydrogen-bond acceptors (Lipinski definition) is 3. The summed E-state index contributed by atoms with van der Waals surface area (Å²) in [6.45, 7) is 1.58. The van der Waals surface area contributed by atoms with Gasteiger partial charge in [0.1, 0.15) is 0 Å². The average molecular weight is 351 g/mol. The van der Waals surface area contributed by atoms with E-state index in [2.05, 4.69) is 17.1 Å². The van der Waals surface area contributed by atoms with Crippen molar-refractivity contribution in [1.29, 1.82) is 0 Å². The van der Waals surface area contributed by atoms with Gasteiger partial charge in [-0.25, -0.2) is 0 Å². The minimum atomic E-state index is -0.177. The molecule has 1 aromatic heterocycles. The summed E-state index contributed by atoms with van der Waals surface area (Å²) in [5.74, 6) is 0.181. The predicted octanol–water partition coefficient (Wildman–Crippen LogP) is 5.00. The fourth-order valence-electron chi connectivity index (χ4n) is 3.34. The number of benzene rings is 2. The highest BCUT2D eigenvalue weighted by Gasteiger charge is 2.28. The third-order valence-electron chi connectivity index (χ3n) is 4.69. The Bertz CT molecular complexity index is 852. The minimum Gasteiger partial charge on any atom is -0.381 e. The second-order valence-electron chi connectivity index (χ2n) is 6.35. The molecule has 1 unspecified atom stereocenters. The van der Waals surface area contributed by atoms with Crippen LogP contribution in [-0.4, -0.2) is 29.2 Å². The smallest absolute Gasteiger partial charge is 0.182 e. The van der Waals surface area contributed by atoms with Crippen molar-refractivity contribution in [3.05, 3.63) is 71.9 Å². The van der Waals surface area contributed by atoms with E-state index in [9.17, 15) is 4.79 Å².